The molecule has 2 rings (SSSR count). The van der Waals surface area contributed by atoms with Crippen molar-refractivity contribution in [3.8, 4) is 5.75 Å². The lowest BCUT2D eigenvalue weighted by Crippen LogP contribution is -2.40. The fourth-order valence-electron chi connectivity index (χ4n) is 2.91. The Hall–Kier alpha value is -1.46. The highest BCUT2D eigenvalue weighted by atomic mass is 35.5. The zero-order valence-electron chi connectivity index (χ0n) is 15.1. The van der Waals surface area contributed by atoms with E-state index in [1.807, 2.05) is 0 Å². The zero-order valence-corrected chi connectivity index (χ0v) is 16.6. The van der Waals surface area contributed by atoms with Gasteiger partial charge < -0.3 is 14.8 Å². The van der Waals surface area contributed by atoms with Crippen molar-refractivity contribution in [2.24, 2.45) is 5.92 Å². The lowest BCUT2D eigenvalue weighted by atomic mass is 9.89. The van der Waals surface area contributed by atoms with E-state index in [0.717, 1.165) is 12.8 Å². The molecule has 26 heavy (non-hydrogen) atoms. The molecule has 0 aromatic heterocycles. The van der Waals surface area contributed by atoms with Crippen molar-refractivity contribution < 1.29 is 19.1 Å². The molecule has 1 aliphatic carbocycles. The highest BCUT2D eigenvalue weighted by molar-refractivity contribution is 6.35. The van der Waals surface area contributed by atoms with Crippen molar-refractivity contribution >= 4 is 35.1 Å². The molecular weight excluding hydrogens is 377 g/mol. The standard InChI is InChI=1S/C19H25Cl2NO4/c1-12(18(23)22-11-14-6-4-3-5-7-14)26-19(24)13(2)25-17-9-8-15(20)10-16(17)21/h8-10,12-14H,3-7,11H2,1-2H3,(H,22,23)/t12-,13+/m0/s1. The maximum atomic E-state index is 12.2. The topological polar surface area (TPSA) is 64.6 Å². The van der Waals surface area contributed by atoms with E-state index in [1.54, 1.807) is 26.0 Å². The van der Waals surface area contributed by atoms with Gasteiger partial charge in [0.25, 0.3) is 5.91 Å². The summed E-state index contributed by atoms with van der Waals surface area (Å²) in [6, 6.07) is 4.72. The lowest BCUT2D eigenvalue weighted by Gasteiger charge is -2.23. The third-order valence-electron chi connectivity index (χ3n) is 4.48. The van der Waals surface area contributed by atoms with Gasteiger partial charge in [-0.05, 0) is 50.8 Å². The molecule has 1 fully saturated rings. The van der Waals surface area contributed by atoms with Gasteiger partial charge in [0.2, 0.25) is 0 Å². The largest absolute Gasteiger partial charge is 0.477 e. The van der Waals surface area contributed by atoms with Gasteiger partial charge in [0.05, 0.1) is 5.02 Å². The van der Waals surface area contributed by atoms with Crippen molar-refractivity contribution in [2.45, 2.75) is 58.2 Å². The van der Waals surface area contributed by atoms with Crippen LogP contribution in [0.25, 0.3) is 0 Å². The molecule has 1 N–H and O–H groups in total. The van der Waals surface area contributed by atoms with Crippen molar-refractivity contribution in [3.63, 3.8) is 0 Å². The number of hydrogen-bond acceptors (Lipinski definition) is 4. The van der Waals surface area contributed by atoms with Gasteiger partial charge in [0, 0.05) is 11.6 Å². The molecular formula is C19H25Cl2NO4. The first-order valence-corrected chi connectivity index (χ1v) is 9.72. The summed E-state index contributed by atoms with van der Waals surface area (Å²) in [7, 11) is 0. The molecule has 0 heterocycles. The highest BCUT2D eigenvalue weighted by Crippen LogP contribution is 2.28. The Kier molecular flexibility index (Phi) is 8.04. The van der Waals surface area contributed by atoms with Gasteiger partial charge in [-0.15, -0.1) is 0 Å². The van der Waals surface area contributed by atoms with Gasteiger partial charge in [-0.25, -0.2) is 4.79 Å². The monoisotopic (exact) mass is 401 g/mol. The summed E-state index contributed by atoms with van der Waals surface area (Å²) in [5.74, 6) is -0.0724. The van der Waals surface area contributed by atoms with E-state index in [2.05, 4.69) is 5.32 Å². The Labute approximate surface area is 164 Å². The molecule has 1 saturated carbocycles. The number of amides is 1. The molecule has 0 aliphatic heterocycles. The van der Waals surface area contributed by atoms with Crippen molar-refractivity contribution in [1.82, 2.24) is 5.32 Å². The summed E-state index contributed by atoms with van der Waals surface area (Å²) >= 11 is 11.9. The van der Waals surface area contributed by atoms with E-state index < -0.39 is 18.2 Å². The SMILES string of the molecule is C[C@H](OC(=O)[C@@H](C)Oc1ccc(Cl)cc1Cl)C(=O)NCC1CCCCC1. The van der Waals surface area contributed by atoms with Crippen LogP contribution >= 0.6 is 23.2 Å². The summed E-state index contributed by atoms with van der Waals surface area (Å²) < 4.78 is 10.7. The third kappa shape index (κ3) is 6.36. The average Bonchev–Trinajstić information content (AvgIpc) is 2.62. The number of rotatable bonds is 7. The Balaban J connectivity index is 1.78. The molecule has 0 saturated heterocycles. The van der Waals surface area contributed by atoms with Crippen LogP contribution in [-0.4, -0.2) is 30.6 Å². The highest BCUT2D eigenvalue weighted by Gasteiger charge is 2.24. The van der Waals surface area contributed by atoms with Gasteiger partial charge in [-0.3, -0.25) is 4.79 Å². The predicted octanol–water partition coefficient (Wildman–Crippen LogP) is 4.39. The van der Waals surface area contributed by atoms with Crippen molar-refractivity contribution in [3.05, 3.63) is 28.2 Å². The average molecular weight is 402 g/mol. The Morgan fingerprint density at radius 1 is 1.15 bits per heavy atom. The predicted molar refractivity (Wildman–Crippen MR) is 102 cm³/mol. The molecule has 0 bridgehead atoms. The number of hydrogen-bond donors (Lipinski definition) is 1. The number of halogens is 2. The van der Waals surface area contributed by atoms with Crippen LogP contribution in [0.1, 0.15) is 46.0 Å². The molecule has 0 spiro atoms. The molecule has 1 aromatic rings. The first-order chi connectivity index (χ1) is 12.4. The summed E-state index contributed by atoms with van der Waals surface area (Å²) in [6.45, 7) is 3.73. The first-order valence-electron chi connectivity index (χ1n) is 8.96. The normalized spacial score (nSPS) is 17.2. The van der Waals surface area contributed by atoms with Crippen LogP contribution in [0, 0.1) is 5.92 Å². The van der Waals surface area contributed by atoms with Crippen molar-refractivity contribution in [1.29, 1.82) is 0 Å². The Morgan fingerprint density at radius 2 is 1.85 bits per heavy atom. The summed E-state index contributed by atoms with van der Waals surface area (Å²) in [5.41, 5.74) is 0. The van der Waals surface area contributed by atoms with E-state index in [0.29, 0.717) is 28.3 Å². The van der Waals surface area contributed by atoms with E-state index in [1.165, 1.54) is 25.3 Å². The van der Waals surface area contributed by atoms with Crippen LogP contribution in [0.3, 0.4) is 0 Å². The minimum absolute atomic E-state index is 0.291. The van der Waals surface area contributed by atoms with Gasteiger partial charge in [0.15, 0.2) is 12.2 Å². The van der Waals surface area contributed by atoms with E-state index in [-0.39, 0.29) is 5.91 Å². The summed E-state index contributed by atoms with van der Waals surface area (Å²) in [6.07, 6.45) is 4.21. The number of nitrogens with one attached hydrogen (secondary N) is 1. The summed E-state index contributed by atoms with van der Waals surface area (Å²) in [5, 5.41) is 3.64. The van der Waals surface area contributed by atoms with Gasteiger partial charge in [-0.2, -0.15) is 0 Å². The van der Waals surface area contributed by atoms with Crippen LogP contribution in [-0.2, 0) is 14.3 Å². The second-order valence-corrected chi connectivity index (χ2v) is 7.51. The molecule has 7 heteroatoms. The lowest BCUT2D eigenvalue weighted by molar-refractivity contribution is -0.160. The molecule has 0 radical (unpaired) electrons. The van der Waals surface area contributed by atoms with Crippen LogP contribution in [0.5, 0.6) is 5.75 Å². The molecule has 5 nitrogen and oxygen atoms in total. The minimum atomic E-state index is -0.901. The van der Waals surface area contributed by atoms with E-state index >= 15 is 0 Å². The van der Waals surface area contributed by atoms with E-state index in [9.17, 15) is 9.59 Å². The maximum Gasteiger partial charge on any atom is 0.347 e. The molecule has 1 aromatic carbocycles. The quantitative estimate of drug-likeness (QED) is 0.688. The number of carbonyl (C=O) groups is 2. The second-order valence-electron chi connectivity index (χ2n) is 6.66. The van der Waals surface area contributed by atoms with Gasteiger partial charge in [0.1, 0.15) is 5.75 Å². The van der Waals surface area contributed by atoms with Crippen LogP contribution in [0.2, 0.25) is 10.0 Å². The number of carbonyl (C=O) groups excluding carboxylic acids is 2. The van der Waals surface area contributed by atoms with Crippen LogP contribution < -0.4 is 10.1 Å². The number of esters is 1. The second kappa shape index (κ2) is 10.0. The zero-order chi connectivity index (χ0) is 19.1. The van der Waals surface area contributed by atoms with Gasteiger partial charge in [-0.1, -0.05) is 42.5 Å². The molecule has 1 amide bonds. The van der Waals surface area contributed by atoms with Crippen molar-refractivity contribution in [2.75, 3.05) is 6.54 Å². The fraction of sp³-hybridized carbons (Fsp3) is 0.579. The van der Waals surface area contributed by atoms with Crippen LogP contribution in [0.15, 0.2) is 18.2 Å². The minimum Gasteiger partial charge on any atom is -0.477 e. The molecule has 1 aliphatic rings. The smallest absolute Gasteiger partial charge is 0.347 e. The summed E-state index contributed by atoms with van der Waals surface area (Å²) in [4.78, 5) is 24.3. The van der Waals surface area contributed by atoms with E-state index in [4.69, 9.17) is 32.7 Å². The van der Waals surface area contributed by atoms with Crippen LogP contribution in [0.4, 0.5) is 0 Å². The number of benzene rings is 1. The van der Waals surface area contributed by atoms with Gasteiger partial charge >= 0.3 is 5.97 Å². The Morgan fingerprint density at radius 3 is 2.50 bits per heavy atom. The number of ether oxygens (including phenoxy) is 2. The maximum absolute atomic E-state index is 12.2. The molecule has 2 atom stereocenters. The molecule has 144 valence electrons. The fourth-order valence-corrected chi connectivity index (χ4v) is 3.37. The third-order valence-corrected chi connectivity index (χ3v) is 5.01. The Bertz CT molecular complexity index is 632. The molecule has 0 unspecified atom stereocenters. The first kappa shape index (κ1) is 20.8.